The van der Waals surface area contributed by atoms with Gasteiger partial charge in [0, 0.05) is 17.2 Å². The standard InChI is InChI=1S/C15H15FN2O2/c1-9(17)12-3-2-4-13(16)14(12)20-11-7-5-10(6-8-11)15(18)19/h2-9H,17H2,1H3,(H2,18,19)/t9-/m0/s1. The van der Waals surface area contributed by atoms with Crippen molar-refractivity contribution in [1.29, 1.82) is 0 Å². The summed E-state index contributed by atoms with van der Waals surface area (Å²) in [6, 6.07) is 10.4. The SMILES string of the molecule is C[C@H](N)c1cccc(F)c1Oc1ccc(C(N)=O)cc1. The summed E-state index contributed by atoms with van der Waals surface area (Å²) < 4.78 is 19.4. The van der Waals surface area contributed by atoms with Crippen molar-refractivity contribution < 1.29 is 13.9 Å². The van der Waals surface area contributed by atoms with E-state index in [1.807, 2.05) is 0 Å². The molecule has 0 saturated carbocycles. The fourth-order valence-electron chi connectivity index (χ4n) is 1.80. The minimum absolute atomic E-state index is 0.0920. The zero-order valence-electron chi connectivity index (χ0n) is 11.0. The van der Waals surface area contributed by atoms with Gasteiger partial charge < -0.3 is 16.2 Å². The molecule has 0 unspecified atom stereocenters. The first kappa shape index (κ1) is 14.0. The van der Waals surface area contributed by atoms with Gasteiger partial charge in [-0.2, -0.15) is 0 Å². The third kappa shape index (κ3) is 2.95. The average Bonchev–Trinajstić information content (AvgIpc) is 2.41. The largest absolute Gasteiger partial charge is 0.454 e. The van der Waals surface area contributed by atoms with Crippen molar-refractivity contribution in [1.82, 2.24) is 0 Å². The Hall–Kier alpha value is -2.40. The smallest absolute Gasteiger partial charge is 0.248 e. The summed E-state index contributed by atoms with van der Waals surface area (Å²) in [4.78, 5) is 11.0. The second kappa shape index (κ2) is 5.71. The molecule has 5 heteroatoms. The highest BCUT2D eigenvalue weighted by atomic mass is 19.1. The molecule has 2 aromatic carbocycles. The molecule has 0 aliphatic carbocycles. The van der Waals surface area contributed by atoms with Crippen LogP contribution in [0, 0.1) is 5.82 Å². The van der Waals surface area contributed by atoms with E-state index in [4.69, 9.17) is 16.2 Å². The van der Waals surface area contributed by atoms with Crippen LogP contribution in [0.15, 0.2) is 42.5 Å². The van der Waals surface area contributed by atoms with E-state index >= 15 is 0 Å². The number of primary amides is 1. The molecule has 1 atom stereocenters. The third-order valence-corrected chi connectivity index (χ3v) is 2.85. The molecule has 0 spiro atoms. The molecule has 20 heavy (non-hydrogen) atoms. The van der Waals surface area contributed by atoms with Crippen molar-refractivity contribution >= 4 is 5.91 Å². The first-order valence-corrected chi connectivity index (χ1v) is 6.10. The molecular formula is C15H15FN2O2. The van der Waals surface area contributed by atoms with Crippen LogP contribution in [0.2, 0.25) is 0 Å². The van der Waals surface area contributed by atoms with Crippen molar-refractivity contribution in [3.8, 4) is 11.5 Å². The quantitative estimate of drug-likeness (QED) is 0.899. The normalized spacial score (nSPS) is 11.9. The van der Waals surface area contributed by atoms with Crippen molar-refractivity contribution in [3.63, 3.8) is 0 Å². The summed E-state index contributed by atoms with van der Waals surface area (Å²) in [5.74, 6) is -0.520. The van der Waals surface area contributed by atoms with Crippen molar-refractivity contribution in [2.75, 3.05) is 0 Å². The van der Waals surface area contributed by atoms with Crippen molar-refractivity contribution in [2.45, 2.75) is 13.0 Å². The van der Waals surface area contributed by atoms with Gasteiger partial charge in [-0.3, -0.25) is 4.79 Å². The Morgan fingerprint density at radius 2 is 1.85 bits per heavy atom. The zero-order chi connectivity index (χ0) is 14.7. The molecule has 104 valence electrons. The number of hydrogen-bond acceptors (Lipinski definition) is 3. The number of benzene rings is 2. The fourth-order valence-corrected chi connectivity index (χ4v) is 1.80. The highest BCUT2D eigenvalue weighted by Gasteiger charge is 2.14. The Kier molecular flexibility index (Phi) is 4.00. The molecule has 4 N–H and O–H groups in total. The van der Waals surface area contributed by atoms with Gasteiger partial charge in [-0.25, -0.2) is 4.39 Å². The molecule has 0 aliphatic rings. The minimum Gasteiger partial charge on any atom is -0.454 e. The maximum Gasteiger partial charge on any atom is 0.248 e. The third-order valence-electron chi connectivity index (χ3n) is 2.85. The van der Waals surface area contributed by atoms with Crippen LogP contribution in [0.3, 0.4) is 0 Å². The number of hydrogen-bond donors (Lipinski definition) is 2. The molecule has 2 aromatic rings. The lowest BCUT2D eigenvalue weighted by Crippen LogP contribution is -2.10. The van der Waals surface area contributed by atoms with E-state index in [9.17, 15) is 9.18 Å². The molecule has 0 radical (unpaired) electrons. The lowest BCUT2D eigenvalue weighted by Gasteiger charge is -2.14. The predicted octanol–water partition coefficient (Wildman–Crippen LogP) is 2.74. The molecule has 0 fully saturated rings. The first-order chi connectivity index (χ1) is 9.49. The Bertz CT molecular complexity index is 624. The number of amides is 1. The highest BCUT2D eigenvalue weighted by Crippen LogP contribution is 2.31. The molecule has 1 amide bonds. The van der Waals surface area contributed by atoms with E-state index < -0.39 is 11.7 Å². The van der Waals surface area contributed by atoms with Gasteiger partial charge in [-0.15, -0.1) is 0 Å². The Labute approximate surface area is 116 Å². The number of halogens is 1. The Morgan fingerprint density at radius 1 is 1.20 bits per heavy atom. The number of nitrogens with two attached hydrogens (primary N) is 2. The molecular weight excluding hydrogens is 259 g/mol. The summed E-state index contributed by atoms with van der Waals surface area (Å²) in [5.41, 5.74) is 11.9. The van der Waals surface area contributed by atoms with Crippen LogP contribution in [0.1, 0.15) is 28.9 Å². The summed E-state index contributed by atoms with van der Waals surface area (Å²) in [7, 11) is 0. The van der Waals surface area contributed by atoms with Crippen LogP contribution in [0.25, 0.3) is 0 Å². The van der Waals surface area contributed by atoms with E-state index in [0.29, 0.717) is 16.9 Å². The van der Waals surface area contributed by atoms with Gasteiger partial charge in [0.2, 0.25) is 5.91 Å². The Balaban J connectivity index is 2.32. The number of carbonyl (C=O) groups excluding carboxylic acids is 1. The highest BCUT2D eigenvalue weighted by molar-refractivity contribution is 5.92. The van der Waals surface area contributed by atoms with Crippen LogP contribution in [0.5, 0.6) is 11.5 Å². The van der Waals surface area contributed by atoms with Gasteiger partial charge in [0.25, 0.3) is 0 Å². The minimum atomic E-state index is -0.529. The lowest BCUT2D eigenvalue weighted by molar-refractivity contribution is 0.100. The molecule has 0 saturated heterocycles. The van der Waals surface area contributed by atoms with E-state index in [-0.39, 0.29) is 11.8 Å². The Morgan fingerprint density at radius 3 is 2.40 bits per heavy atom. The number of carbonyl (C=O) groups is 1. The molecule has 0 aromatic heterocycles. The van der Waals surface area contributed by atoms with Crippen molar-refractivity contribution in [3.05, 3.63) is 59.4 Å². The summed E-state index contributed by atoms with van der Waals surface area (Å²) in [6.45, 7) is 1.75. The van der Waals surface area contributed by atoms with Crippen LogP contribution >= 0.6 is 0 Å². The summed E-state index contributed by atoms with van der Waals surface area (Å²) in [5, 5.41) is 0. The second-order valence-electron chi connectivity index (χ2n) is 4.44. The zero-order valence-corrected chi connectivity index (χ0v) is 11.0. The van der Waals surface area contributed by atoms with E-state index in [1.54, 1.807) is 31.2 Å². The van der Waals surface area contributed by atoms with Crippen LogP contribution in [0.4, 0.5) is 4.39 Å². The lowest BCUT2D eigenvalue weighted by atomic mass is 10.1. The first-order valence-electron chi connectivity index (χ1n) is 6.10. The molecule has 0 heterocycles. The molecule has 4 nitrogen and oxygen atoms in total. The maximum absolute atomic E-state index is 13.8. The van der Waals surface area contributed by atoms with E-state index in [2.05, 4.69) is 0 Å². The topological polar surface area (TPSA) is 78.3 Å². The van der Waals surface area contributed by atoms with Gasteiger partial charge in [0.15, 0.2) is 11.6 Å². The second-order valence-corrected chi connectivity index (χ2v) is 4.44. The summed E-state index contributed by atoms with van der Waals surface area (Å²) >= 11 is 0. The number of para-hydroxylation sites is 1. The van der Waals surface area contributed by atoms with Crippen LogP contribution < -0.4 is 16.2 Å². The molecule has 0 bridgehead atoms. The number of rotatable bonds is 4. The molecule has 2 rings (SSSR count). The predicted molar refractivity (Wildman–Crippen MR) is 74.0 cm³/mol. The van der Waals surface area contributed by atoms with E-state index in [1.165, 1.54) is 18.2 Å². The van der Waals surface area contributed by atoms with E-state index in [0.717, 1.165) is 0 Å². The van der Waals surface area contributed by atoms with Crippen LogP contribution in [-0.4, -0.2) is 5.91 Å². The maximum atomic E-state index is 13.8. The monoisotopic (exact) mass is 274 g/mol. The van der Waals surface area contributed by atoms with Gasteiger partial charge in [-0.1, -0.05) is 12.1 Å². The van der Waals surface area contributed by atoms with Gasteiger partial charge >= 0.3 is 0 Å². The summed E-state index contributed by atoms with van der Waals surface area (Å²) in [6.07, 6.45) is 0. The average molecular weight is 274 g/mol. The van der Waals surface area contributed by atoms with Gasteiger partial charge in [-0.05, 0) is 37.3 Å². The number of ether oxygens (including phenoxy) is 1. The van der Waals surface area contributed by atoms with Crippen molar-refractivity contribution in [2.24, 2.45) is 11.5 Å². The van der Waals surface area contributed by atoms with Crippen LogP contribution in [-0.2, 0) is 0 Å². The van der Waals surface area contributed by atoms with Gasteiger partial charge in [0.1, 0.15) is 5.75 Å². The fraction of sp³-hybridized carbons (Fsp3) is 0.133. The van der Waals surface area contributed by atoms with Gasteiger partial charge in [0.05, 0.1) is 0 Å². The molecule has 0 aliphatic heterocycles.